The van der Waals surface area contributed by atoms with Crippen molar-refractivity contribution in [2.45, 2.75) is 95.6 Å². The van der Waals surface area contributed by atoms with Crippen molar-refractivity contribution in [2.24, 2.45) is 11.8 Å². The Morgan fingerprint density at radius 2 is 1.35 bits per heavy atom. The summed E-state index contributed by atoms with van der Waals surface area (Å²) in [5, 5.41) is 8.18. The van der Waals surface area contributed by atoms with E-state index < -0.39 is 0 Å². The molecule has 0 aromatic carbocycles. The van der Waals surface area contributed by atoms with Gasteiger partial charge in [0.25, 0.3) is 0 Å². The molecular formula is C20H34N2S. The molecule has 3 heteroatoms. The van der Waals surface area contributed by atoms with E-state index in [9.17, 15) is 0 Å². The molecule has 0 unspecified atom stereocenters. The van der Waals surface area contributed by atoms with E-state index in [2.05, 4.69) is 22.8 Å². The first-order valence-electron chi connectivity index (χ1n) is 10.1. The van der Waals surface area contributed by atoms with E-state index in [1.54, 1.807) is 0 Å². The molecule has 0 spiro atoms. The lowest BCUT2D eigenvalue weighted by atomic mass is 9.98. The molecule has 3 rings (SSSR count). The minimum Gasteiger partial charge on any atom is -0.360 e. The van der Waals surface area contributed by atoms with E-state index in [1.165, 1.54) is 83.5 Å². The van der Waals surface area contributed by atoms with Crippen LogP contribution in [0.15, 0.2) is 12.2 Å². The molecule has 2 N–H and O–H groups in total. The predicted octanol–water partition coefficient (Wildman–Crippen LogP) is 5.09. The monoisotopic (exact) mass is 334 g/mol. The zero-order valence-corrected chi connectivity index (χ0v) is 15.4. The van der Waals surface area contributed by atoms with E-state index in [-0.39, 0.29) is 0 Å². The summed E-state index contributed by atoms with van der Waals surface area (Å²) >= 11 is 5.63. The highest BCUT2D eigenvalue weighted by atomic mass is 32.1. The van der Waals surface area contributed by atoms with E-state index >= 15 is 0 Å². The summed E-state index contributed by atoms with van der Waals surface area (Å²) in [6, 6.07) is 1.17. The van der Waals surface area contributed by atoms with Crippen LogP contribution in [0.25, 0.3) is 0 Å². The number of rotatable bonds is 2. The Kier molecular flexibility index (Phi) is 6.79. The Hall–Kier alpha value is -0.570. The molecule has 23 heavy (non-hydrogen) atoms. The normalized spacial score (nSPS) is 33.0. The number of hydrogen-bond donors (Lipinski definition) is 2. The largest absolute Gasteiger partial charge is 0.360 e. The lowest BCUT2D eigenvalue weighted by Gasteiger charge is -2.26. The van der Waals surface area contributed by atoms with Crippen LogP contribution in [-0.2, 0) is 0 Å². The van der Waals surface area contributed by atoms with Crippen LogP contribution in [0.2, 0.25) is 0 Å². The minimum absolute atomic E-state index is 0.580. The number of nitrogens with one attached hydrogen (secondary N) is 2. The Balaban J connectivity index is 1.41. The van der Waals surface area contributed by atoms with E-state index in [0.717, 1.165) is 16.9 Å². The summed E-state index contributed by atoms with van der Waals surface area (Å²) in [6.07, 6.45) is 22.7. The van der Waals surface area contributed by atoms with Crippen LogP contribution in [0, 0.1) is 11.8 Å². The predicted molar refractivity (Wildman–Crippen MR) is 103 cm³/mol. The fourth-order valence-electron chi connectivity index (χ4n) is 4.65. The third-order valence-electron chi connectivity index (χ3n) is 6.04. The van der Waals surface area contributed by atoms with Gasteiger partial charge in [0.15, 0.2) is 5.11 Å². The summed E-state index contributed by atoms with van der Waals surface area (Å²) < 4.78 is 0. The molecule has 0 aromatic heterocycles. The van der Waals surface area contributed by atoms with Gasteiger partial charge in [-0.15, -0.1) is 0 Å². The molecule has 3 aliphatic carbocycles. The second-order valence-corrected chi connectivity index (χ2v) is 8.37. The first-order valence-corrected chi connectivity index (χ1v) is 10.5. The van der Waals surface area contributed by atoms with Gasteiger partial charge >= 0.3 is 0 Å². The molecule has 2 saturated carbocycles. The third kappa shape index (κ3) is 5.48. The van der Waals surface area contributed by atoms with E-state index in [0.29, 0.717) is 12.1 Å². The zero-order valence-electron chi connectivity index (χ0n) is 14.6. The summed E-state index contributed by atoms with van der Waals surface area (Å²) in [6.45, 7) is 0. The lowest BCUT2D eigenvalue weighted by molar-refractivity contribution is 0.436. The van der Waals surface area contributed by atoms with E-state index in [1.807, 2.05) is 0 Å². The fraction of sp³-hybridized carbons (Fsp3) is 0.850. The maximum Gasteiger partial charge on any atom is 0.166 e. The van der Waals surface area contributed by atoms with Crippen molar-refractivity contribution in [3.8, 4) is 0 Å². The number of hydrogen-bond acceptors (Lipinski definition) is 1. The summed E-state index contributed by atoms with van der Waals surface area (Å²) in [4.78, 5) is 0. The van der Waals surface area contributed by atoms with Gasteiger partial charge in [-0.25, -0.2) is 0 Å². The number of allylic oxidation sites excluding steroid dienone is 1. The maximum atomic E-state index is 5.63. The fourth-order valence-corrected chi connectivity index (χ4v) is 4.97. The van der Waals surface area contributed by atoms with Gasteiger partial charge in [-0.3, -0.25) is 0 Å². The highest BCUT2D eigenvalue weighted by Crippen LogP contribution is 2.38. The topological polar surface area (TPSA) is 24.1 Å². The summed E-state index contributed by atoms with van der Waals surface area (Å²) in [5.41, 5.74) is 0. The minimum atomic E-state index is 0.580. The van der Waals surface area contributed by atoms with Crippen LogP contribution < -0.4 is 10.6 Å². The van der Waals surface area contributed by atoms with Gasteiger partial charge in [-0.05, 0) is 49.7 Å². The molecule has 2 bridgehead atoms. The van der Waals surface area contributed by atoms with Crippen LogP contribution in [0.5, 0.6) is 0 Å². The second-order valence-electron chi connectivity index (χ2n) is 7.96. The Bertz CT molecular complexity index is 394. The highest BCUT2D eigenvalue weighted by Gasteiger charge is 2.35. The second kappa shape index (κ2) is 9.05. The molecule has 0 aromatic rings. The Morgan fingerprint density at radius 3 is 1.87 bits per heavy atom. The Labute approximate surface area is 147 Å². The molecule has 3 aliphatic rings. The molecule has 0 radical (unpaired) electrons. The molecule has 0 saturated heterocycles. The lowest BCUT2D eigenvalue weighted by Crippen LogP contribution is -2.47. The maximum absolute atomic E-state index is 5.63. The van der Waals surface area contributed by atoms with Crippen molar-refractivity contribution in [3.05, 3.63) is 12.2 Å². The van der Waals surface area contributed by atoms with Gasteiger partial charge in [0.2, 0.25) is 0 Å². The van der Waals surface area contributed by atoms with Crippen LogP contribution >= 0.6 is 12.2 Å². The van der Waals surface area contributed by atoms with Crippen molar-refractivity contribution in [2.75, 3.05) is 0 Å². The number of fused-ring (bicyclic) bond motifs is 2. The smallest absolute Gasteiger partial charge is 0.166 e. The van der Waals surface area contributed by atoms with Gasteiger partial charge in [0, 0.05) is 12.1 Å². The average Bonchev–Trinajstić information content (AvgIpc) is 3.12. The van der Waals surface area contributed by atoms with Crippen LogP contribution in [0.4, 0.5) is 0 Å². The van der Waals surface area contributed by atoms with Crippen molar-refractivity contribution >= 4 is 17.3 Å². The average molecular weight is 335 g/mol. The van der Waals surface area contributed by atoms with Crippen molar-refractivity contribution in [1.29, 1.82) is 0 Å². The third-order valence-corrected chi connectivity index (χ3v) is 6.27. The molecule has 0 aliphatic heterocycles. The first kappa shape index (κ1) is 17.3. The molecule has 0 amide bonds. The molecule has 130 valence electrons. The van der Waals surface area contributed by atoms with Crippen LogP contribution in [0.1, 0.15) is 83.5 Å². The van der Waals surface area contributed by atoms with Crippen LogP contribution in [0.3, 0.4) is 0 Å². The SMILES string of the molecule is S=C(NC1CCCCCCCCCCC1)N[C@@H]1C[C@H]2C=C[C@@H]1C2. The molecule has 0 heterocycles. The molecule has 3 atom stereocenters. The molecular weight excluding hydrogens is 300 g/mol. The van der Waals surface area contributed by atoms with Gasteiger partial charge in [-0.2, -0.15) is 0 Å². The standard InChI is InChI=1S/C20H34N2S/c23-20(22-19-15-16-12-13-17(19)14-16)21-18-10-8-6-4-2-1-3-5-7-9-11-18/h12-13,16-19H,1-11,14-15H2,(H2,21,22,23)/t16-,17+,19+/m0/s1. The van der Waals surface area contributed by atoms with Gasteiger partial charge in [0.05, 0.1) is 0 Å². The zero-order chi connectivity index (χ0) is 15.9. The van der Waals surface area contributed by atoms with Crippen molar-refractivity contribution in [1.82, 2.24) is 10.6 Å². The quantitative estimate of drug-likeness (QED) is 0.543. The number of thiocarbonyl (C=S) groups is 1. The van der Waals surface area contributed by atoms with E-state index in [4.69, 9.17) is 12.2 Å². The van der Waals surface area contributed by atoms with Gasteiger partial charge in [0.1, 0.15) is 0 Å². The first-order chi connectivity index (χ1) is 11.3. The van der Waals surface area contributed by atoms with Crippen molar-refractivity contribution in [3.63, 3.8) is 0 Å². The van der Waals surface area contributed by atoms with Gasteiger partial charge < -0.3 is 10.6 Å². The summed E-state index contributed by atoms with van der Waals surface area (Å²) in [7, 11) is 0. The molecule has 2 fully saturated rings. The van der Waals surface area contributed by atoms with Gasteiger partial charge in [-0.1, -0.05) is 69.9 Å². The Morgan fingerprint density at radius 1 is 0.739 bits per heavy atom. The van der Waals surface area contributed by atoms with Crippen molar-refractivity contribution < 1.29 is 0 Å². The highest BCUT2D eigenvalue weighted by molar-refractivity contribution is 7.80. The van der Waals surface area contributed by atoms with Crippen LogP contribution in [-0.4, -0.2) is 17.2 Å². The molecule has 2 nitrogen and oxygen atoms in total. The summed E-state index contributed by atoms with van der Waals surface area (Å²) in [5.74, 6) is 1.53.